The molecule has 0 aromatic heterocycles. The van der Waals surface area contributed by atoms with Crippen molar-refractivity contribution in [1.29, 1.82) is 0 Å². The third kappa shape index (κ3) is 6.16. The van der Waals surface area contributed by atoms with Crippen LogP contribution in [0, 0.1) is 5.92 Å². The topological polar surface area (TPSA) is 55.4 Å². The van der Waals surface area contributed by atoms with Crippen LogP contribution in [0.15, 0.2) is 0 Å². The minimum atomic E-state index is -0.254. The quantitative estimate of drug-likeness (QED) is 0.766. The van der Waals surface area contributed by atoms with Crippen molar-refractivity contribution in [2.24, 2.45) is 5.92 Å². The van der Waals surface area contributed by atoms with Crippen LogP contribution in [0.1, 0.15) is 53.4 Å². The molecule has 1 aliphatic carbocycles. The zero-order chi connectivity index (χ0) is 15.1. The molecule has 5 heteroatoms. The van der Waals surface area contributed by atoms with Crippen molar-refractivity contribution in [3.63, 3.8) is 0 Å². The lowest BCUT2D eigenvalue weighted by atomic mass is 9.86. The fourth-order valence-corrected chi connectivity index (χ4v) is 3.07. The van der Waals surface area contributed by atoms with Crippen molar-refractivity contribution in [2.75, 3.05) is 5.75 Å². The van der Waals surface area contributed by atoms with Gasteiger partial charge in [-0.1, -0.05) is 19.8 Å². The van der Waals surface area contributed by atoms with Gasteiger partial charge < -0.3 is 10.1 Å². The van der Waals surface area contributed by atoms with E-state index in [1.165, 1.54) is 31.0 Å². The Labute approximate surface area is 126 Å². The van der Waals surface area contributed by atoms with Crippen molar-refractivity contribution < 1.29 is 14.3 Å². The Kier molecular flexibility index (Phi) is 7.41. The molecular weight excluding hydrogens is 274 g/mol. The number of nitrogens with one attached hydrogen (secondary N) is 1. The standard InChI is InChI=1S/C15H27NO3S/c1-10(2)19-14(17)9-20-12(4)15(18)16-13-8-6-5-7-11(13)3/h10-13H,5-9H2,1-4H3,(H,16,18). The Bertz CT molecular complexity index is 333. The van der Waals surface area contributed by atoms with Crippen molar-refractivity contribution in [3.05, 3.63) is 0 Å². The zero-order valence-electron chi connectivity index (χ0n) is 13.0. The minimum absolute atomic E-state index is 0.0334. The van der Waals surface area contributed by atoms with Gasteiger partial charge in [0.05, 0.1) is 17.1 Å². The van der Waals surface area contributed by atoms with Crippen LogP contribution in [-0.2, 0) is 14.3 Å². The van der Waals surface area contributed by atoms with Crippen LogP contribution < -0.4 is 5.32 Å². The summed E-state index contributed by atoms with van der Waals surface area (Å²) in [6.45, 7) is 7.68. The van der Waals surface area contributed by atoms with E-state index in [1.807, 2.05) is 20.8 Å². The van der Waals surface area contributed by atoms with Gasteiger partial charge in [-0.3, -0.25) is 9.59 Å². The number of carbonyl (C=O) groups excluding carboxylic acids is 2. The van der Waals surface area contributed by atoms with E-state index in [9.17, 15) is 9.59 Å². The number of rotatable bonds is 6. The van der Waals surface area contributed by atoms with Crippen LogP contribution >= 0.6 is 11.8 Å². The molecule has 0 aromatic rings. The summed E-state index contributed by atoms with van der Waals surface area (Å²) in [6.07, 6.45) is 4.61. The molecule has 0 aromatic carbocycles. The fraction of sp³-hybridized carbons (Fsp3) is 0.867. The van der Waals surface area contributed by atoms with E-state index in [-0.39, 0.29) is 29.0 Å². The average Bonchev–Trinajstić information content (AvgIpc) is 2.37. The molecule has 116 valence electrons. The molecule has 3 atom stereocenters. The molecule has 20 heavy (non-hydrogen) atoms. The summed E-state index contributed by atoms with van der Waals surface area (Å²) in [5, 5.41) is 2.90. The Morgan fingerprint density at radius 2 is 1.90 bits per heavy atom. The van der Waals surface area contributed by atoms with Gasteiger partial charge in [-0.05, 0) is 39.5 Å². The van der Waals surface area contributed by atoms with E-state index in [0.717, 1.165) is 6.42 Å². The molecule has 3 unspecified atom stereocenters. The molecule has 1 rings (SSSR count). The second-order valence-corrected chi connectivity index (χ2v) is 7.20. The highest BCUT2D eigenvalue weighted by molar-refractivity contribution is 8.01. The van der Waals surface area contributed by atoms with E-state index >= 15 is 0 Å². The lowest BCUT2D eigenvalue weighted by Gasteiger charge is -2.30. The Morgan fingerprint density at radius 1 is 1.25 bits per heavy atom. The van der Waals surface area contributed by atoms with Crippen LogP contribution in [0.5, 0.6) is 0 Å². The molecule has 1 amide bonds. The second-order valence-electron chi connectivity index (χ2n) is 5.87. The Balaban J connectivity index is 2.29. The maximum Gasteiger partial charge on any atom is 0.316 e. The Hall–Kier alpha value is -0.710. The van der Waals surface area contributed by atoms with Gasteiger partial charge in [0.15, 0.2) is 0 Å². The number of carbonyl (C=O) groups is 2. The van der Waals surface area contributed by atoms with Gasteiger partial charge in [0.25, 0.3) is 0 Å². The summed E-state index contributed by atoms with van der Waals surface area (Å²) in [6, 6.07) is 0.293. The highest BCUT2D eigenvalue weighted by atomic mass is 32.2. The van der Waals surface area contributed by atoms with E-state index < -0.39 is 0 Å². The van der Waals surface area contributed by atoms with Crippen molar-refractivity contribution in [1.82, 2.24) is 5.32 Å². The van der Waals surface area contributed by atoms with Crippen LogP contribution in [0.2, 0.25) is 0 Å². The molecule has 0 saturated heterocycles. The number of hydrogen-bond acceptors (Lipinski definition) is 4. The predicted molar refractivity (Wildman–Crippen MR) is 82.7 cm³/mol. The summed E-state index contributed by atoms with van der Waals surface area (Å²) in [7, 11) is 0. The summed E-state index contributed by atoms with van der Waals surface area (Å²) >= 11 is 1.34. The SMILES string of the molecule is CC(C)OC(=O)CSC(C)C(=O)NC1CCCCC1C. The summed E-state index contributed by atoms with van der Waals surface area (Å²) in [4.78, 5) is 23.6. The summed E-state index contributed by atoms with van der Waals surface area (Å²) in [5.74, 6) is 0.560. The van der Waals surface area contributed by atoms with Gasteiger partial charge in [-0.15, -0.1) is 11.8 Å². The van der Waals surface area contributed by atoms with Crippen molar-refractivity contribution in [2.45, 2.75) is 70.8 Å². The van der Waals surface area contributed by atoms with Gasteiger partial charge in [0.1, 0.15) is 0 Å². The number of esters is 1. The molecule has 4 nitrogen and oxygen atoms in total. The van der Waals surface area contributed by atoms with Gasteiger partial charge in [0.2, 0.25) is 5.91 Å². The van der Waals surface area contributed by atoms with Crippen LogP contribution in [0.4, 0.5) is 0 Å². The first-order chi connectivity index (χ1) is 9.40. The lowest BCUT2D eigenvalue weighted by molar-refractivity contribution is -0.144. The van der Waals surface area contributed by atoms with E-state index in [2.05, 4.69) is 12.2 Å². The molecule has 0 bridgehead atoms. The third-order valence-corrected chi connectivity index (χ3v) is 4.74. The summed E-state index contributed by atoms with van der Waals surface area (Å²) in [5.41, 5.74) is 0. The van der Waals surface area contributed by atoms with E-state index in [4.69, 9.17) is 4.74 Å². The van der Waals surface area contributed by atoms with Crippen LogP contribution in [-0.4, -0.2) is 35.0 Å². The first-order valence-corrected chi connectivity index (χ1v) is 8.56. The maximum atomic E-state index is 12.1. The molecule has 1 saturated carbocycles. The number of thioether (sulfide) groups is 1. The van der Waals surface area contributed by atoms with Gasteiger partial charge in [-0.25, -0.2) is 0 Å². The lowest BCUT2D eigenvalue weighted by Crippen LogP contribution is -2.44. The smallest absolute Gasteiger partial charge is 0.316 e. The van der Waals surface area contributed by atoms with Crippen molar-refractivity contribution >= 4 is 23.6 Å². The number of ether oxygens (including phenoxy) is 1. The maximum absolute atomic E-state index is 12.1. The van der Waals surface area contributed by atoms with Crippen LogP contribution in [0.3, 0.4) is 0 Å². The number of hydrogen-bond donors (Lipinski definition) is 1. The molecule has 1 N–H and O–H groups in total. The van der Waals surface area contributed by atoms with E-state index in [1.54, 1.807) is 0 Å². The highest BCUT2D eigenvalue weighted by Gasteiger charge is 2.25. The van der Waals surface area contributed by atoms with Crippen LogP contribution in [0.25, 0.3) is 0 Å². The van der Waals surface area contributed by atoms with Crippen molar-refractivity contribution in [3.8, 4) is 0 Å². The molecule has 0 spiro atoms. The average molecular weight is 301 g/mol. The van der Waals surface area contributed by atoms with Gasteiger partial charge in [0, 0.05) is 6.04 Å². The van der Waals surface area contributed by atoms with Gasteiger partial charge in [-0.2, -0.15) is 0 Å². The highest BCUT2D eigenvalue weighted by Crippen LogP contribution is 2.24. The second kappa shape index (κ2) is 8.55. The molecule has 0 aliphatic heterocycles. The number of amides is 1. The minimum Gasteiger partial charge on any atom is -0.462 e. The molecule has 1 aliphatic rings. The largest absolute Gasteiger partial charge is 0.462 e. The molecular formula is C15H27NO3S. The predicted octanol–water partition coefficient (Wildman–Crippen LogP) is 2.75. The summed E-state index contributed by atoms with van der Waals surface area (Å²) < 4.78 is 5.06. The monoisotopic (exact) mass is 301 g/mol. The molecule has 0 radical (unpaired) electrons. The third-order valence-electron chi connectivity index (χ3n) is 3.63. The first kappa shape index (κ1) is 17.3. The fourth-order valence-electron chi connectivity index (χ4n) is 2.40. The Morgan fingerprint density at radius 3 is 2.50 bits per heavy atom. The zero-order valence-corrected chi connectivity index (χ0v) is 13.8. The first-order valence-electron chi connectivity index (χ1n) is 7.51. The normalized spacial score (nSPS) is 24.2. The van der Waals surface area contributed by atoms with Gasteiger partial charge >= 0.3 is 5.97 Å². The molecule has 0 heterocycles. The molecule has 1 fully saturated rings. The van der Waals surface area contributed by atoms with E-state index in [0.29, 0.717) is 12.0 Å².